The number of aliphatic imine (C=N–C) groups is 1. The summed E-state index contributed by atoms with van der Waals surface area (Å²) in [5, 5.41) is 9.24. The first kappa shape index (κ1) is 17.7. The van der Waals surface area contributed by atoms with E-state index in [0.717, 1.165) is 31.6 Å². The average Bonchev–Trinajstić information content (AvgIpc) is 3.00. The van der Waals surface area contributed by atoms with Gasteiger partial charge in [-0.15, -0.1) is 12.4 Å². The topological polar surface area (TPSA) is 39.4 Å². The zero-order chi connectivity index (χ0) is 16.6. The molecule has 1 spiro atoms. The molecule has 0 saturated carbocycles. The molecule has 2 unspecified atom stereocenters. The molecule has 128 valence electrons. The Kier molecular flexibility index (Phi) is 4.94. The van der Waals surface area contributed by atoms with Crippen LogP contribution in [0.15, 0.2) is 70.9 Å². The third-order valence-electron chi connectivity index (χ3n) is 5.56. The smallest absolute Gasteiger partial charge is 0.0992 e. The van der Waals surface area contributed by atoms with Gasteiger partial charge in [-0.3, -0.25) is 9.89 Å². The Balaban J connectivity index is 0.00000182. The first-order valence-corrected chi connectivity index (χ1v) is 8.59. The van der Waals surface area contributed by atoms with E-state index in [2.05, 4.69) is 54.3 Å². The highest BCUT2D eigenvalue weighted by molar-refractivity contribution is 6.08. The normalized spacial score (nSPS) is 27.2. The molecule has 0 N–H and O–H groups in total. The molecule has 3 nitrogen and oxygen atoms in total. The molecule has 2 aliphatic heterocycles. The van der Waals surface area contributed by atoms with Gasteiger partial charge >= 0.3 is 0 Å². The van der Waals surface area contributed by atoms with E-state index < -0.39 is 0 Å². The van der Waals surface area contributed by atoms with Crippen LogP contribution in [0.3, 0.4) is 0 Å². The highest BCUT2D eigenvalue weighted by atomic mass is 35.5. The Hall–Kier alpha value is -2.15. The number of likely N-dealkylation sites (tertiary alicyclic amines) is 1. The summed E-state index contributed by atoms with van der Waals surface area (Å²) in [5.74, 6) is 0.466. The van der Waals surface area contributed by atoms with Crippen LogP contribution < -0.4 is 0 Å². The monoisotopic (exact) mass is 351 g/mol. The predicted molar refractivity (Wildman–Crippen MR) is 104 cm³/mol. The van der Waals surface area contributed by atoms with Gasteiger partial charge in [-0.1, -0.05) is 36.4 Å². The minimum Gasteiger partial charge on any atom is -0.288 e. The number of nitrogens with zero attached hydrogens (tertiary/aromatic N) is 3. The van der Waals surface area contributed by atoms with Crippen LogP contribution in [-0.4, -0.2) is 29.2 Å². The number of allylic oxidation sites excluding steroid dienone is 2. The molecule has 4 rings (SSSR count). The van der Waals surface area contributed by atoms with Crippen molar-refractivity contribution in [2.45, 2.75) is 25.3 Å². The largest absolute Gasteiger partial charge is 0.288 e. The third kappa shape index (κ3) is 2.86. The summed E-state index contributed by atoms with van der Waals surface area (Å²) in [6.07, 6.45) is 10.3. The summed E-state index contributed by atoms with van der Waals surface area (Å²) in [4.78, 5) is 7.26. The molecule has 0 bridgehead atoms. The van der Waals surface area contributed by atoms with Gasteiger partial charge in [0, 0.05) is 25.2 Å². The van der Waals surface area contributed by atoms with Gasteiger partial charge in [0.2, 0.25) is 0 Å². The van der Waals surface area contributed by atoms with Crippen LogP contribution in [0.5, 0.6) is 0 Å². The van der Waals surface area contributed by atoms with Crippen molar-refractivity contribution in [2.75, 3.05) is 13.1 Å². The zero-order valence-electron chi connectivity index (χ0n) is 14.4. The van der Waals surface area contributed by atoms with Crippen molar-refractivity contribution in [3.8, 4) is 6.07 Å². The summed E-state index contributed by atoms with van der Waals surface area (Å²) in [6, 6.07) is 12.9. The van der Waals surface area contributed by atoms with Crippen LogP contribution in [0, 0.1) is 17.2 Å². The van der Waals surface area contributed by atoms with Gasteiger partial charge in [-0.25, -0.2) is 0 Å². The fraction of sp³-hybridized carbons (Fsp3) is 0.333. The van der Waals surface area contributed by atoms with Crippen molar-refractivity contribution >= 4 is 18.1 Å². The second-order valence-electron chi connectivity index (χ2n) is 6.82. The molecular formula is C21H22ClN3. The molecule has 1 aromatic carbocycles. The van der Waals surface area contributed by atoms with Crippen molar-refractivity contribution in [3.05, 3.63) is 71.5 Å². The molecule has 1 saturated heterocycles. The van der Waals surface area contributed by atoms with Gasteiger partial charge in [0.15, 0.2) is 0 Å². The fourth-order valence-corrected chi connectivity index (χ4v) is 4.34. The molecule has 0 radical (unpaired) electrons. The van der Waals surface area contributed by atoms with Crippen LogP contribution in [0.2, 0.25) is 0 Å². The van der Waals surface area contributed by atoms with E-state index >= 15 is 0 Å². The SMILES string of the molecule is CC1=CN=C2C=C(C#N)C=CC23C1CCN3CCc1ccccc1.Cl. The highest BCUT2D eigenvalue weighted by Crippen LogP contribution is 2.45. The van der Waals surface area contributed by atoms with E-state index in [-0.39, 0.29) is 17.9 Å². The van der Waals surface area contributed by atoms with Crippen molar-refractivity contribution in [1.82, 2.24) is 4.90 Å². The highest BCUT2D eigenvalue weighted by Gasteiger charge is 2.52. The summed E-state index contributed by atoms with van der Waals surface area (Å²) in [7, 11) is 0. The lowest BCUT2D eigenvalue weighted by atomic mass is 9.72. The maximum Gasteiger partial charge on any atom is 0.0992 e. The van der Waals surface area contributed by atoms with E-state index in [1.54, 1.807) is 0 Å². The van der Waals surface area contributed by atoms with E-state index in [1.807, 2.05) is 18.4 Å². The summed E-state index contributed by atoms with van der Waals surface area (Å²) >= 11 is 0. The molecule has 2 heterocycles. The van der Waals surface area contributed by atoms with Crippen molar-refractivity contribution < 1.29 is 0 Å². The van der Waals surface area contributed by atoms with Gasteiger partial charge in [0.25, 0.3) is 0 Å². The number of halogens is 1. The molecule has 4 heteroatoms. The van der Waals surface area contributed by atoms with Crippen molar-refractivity contribution in [3.63, 3.8) is 0 Å². The molecular weight excluding hydrogens is 330 g/mol. The first-order valence-electron chi connectivity index (χ1n) is 8.59. The maximum atomic E-state index is 9.24. The lowest BCUT2D eigenvalue weighted by molar-refractivity contribution is 0.226. The van der Waals surface area contributed by atoms with Gasteiger partial charge in [-0.2, -0.15) is 5.26 Å². The Morgan fingerprint density at radius 3 is 2.88 bits per heavy atom. The van der Waals surface area contributed by atoms with E-state index in [1.165, 1.54) is 11.1 Å². The molecule has 25 heavy (non-hydrogen) atoms. The lowest BCUT2D eigenvalue weighted by Gasteiger charge is -2.43. The number of rotatable bonds is 3. The summed E-state index contributed by atoms with van der Waals surface area (Å²) in [6.45, 7) is 4.26. The number of nitriles is 1. The Labute approximate surface area is 155 Å². The fourth-order valence-electron chi connectivity index (χ4n) is 4.34. The standard InChI is InChI=1S/C21H21N3.ClH/c1-16-15-23-20-13-18(14-22)7-10-21(20)19(16)9-12-24(21)11-8-17-5-3-2-4-6-17;/h2-7,10,13,15,19H,8-9,11-12H2,1H3;1H. The molecule has 1 aliphatic carbocycles. The van der Waals surface area contributed by atoms with Gasteiger partial charge in [0.1, 0.15) is 0 Å². The van der Waals surface area contributed by atoms with E-state index in [9.17, 15) is 5.26 Å². The molecule has 1 aromatic rings. The van der Waals surface area contributed by atoms with E-state index in [0.29, 0.717) is 11.5 Å². The average molecular weight is 352 g/mol. The third-order valence-corrected chi connectivity index (χ3v) is 5.56. The van der Waals surface area contributed by atoms with Crippen molar-refractivity contribution in [2.24, 2.45) is 10.9 Å². The first-order chi connectivity index (χ1) is 11.7. The second kappa shape index (κ2) is 7.00. The van der Waals surface area contributed by atoms with Gasteiger partial charge < -0.3 is 0 Å². The Morgan fingerprint density at radius 2 is 2.12 bits per heavy atom. The van der Waals surface area contributed by atoms with Crippen LogP contribution in [0.25, 0.3) is 0 Å². The summed E-state index contributed by atoms with van der Waals surface area (Å²) < 4.78 is 0. The number of hydrogen-bond acceptors (Lipinski definition) is 3. The van der Waals surface area contributed by atoms with Crippen molar-refractivity contribution in [1.29, 1.82) is 5.26 Å². The minimum atomic E-state index is -0.159. The van der Waals surface area contributed by atoms with Crippen LogP contribution in [-0.2, 0) is 6.42 Å². The minimum absolute atomic E-state index is 0. The summed E-state index contributed by atoms with van der Waals surface area (Å²) in [5.41, 5.74) is 4.28. The van der Waals surface area contributed by atoms with Gasteiger partial charge in [-0.05, 0) is 43.1 Å². The molecule has 3 aliphatic rings. The van der Waals surface area contributed by atoms with Crippen LogP contribution in [0.1, 0.15) is 18.9 Å². The molecule has 2 atom stereocenters. The Morgan fingerprint density at radius 1 is 1.32 bits per heavy atom. The van der Waals surface area contributed by atoms with E-state index in [4.69, 9.17) is 4.99 Å². The predicted octanol–water partition coefficient (Wildman–Crippen LogP) is 4.09. The lowest BCUT2D eigenvalue weighted by Crippen LogP contribution is -2.55. The second-order valence-corrected chi connectivity index (χ2v) is 6.82. The molecule has 0 amide bonds. The van der Waals surface area contributed by atoms with Crippen LogP contribution >= 0.6 is 12.4 Å². The maximum absolute atomic E-state index is 9.24. The quantitative estimate of drug-likeness (QED) is 0.822. The molecule has 1 fully saturated rings. The van der Waals surface area contributed by atoms with Crippen LogP contribution in [0.4, 0.5) is 0 Å². The number of benzene rings is 1. The Bertz CT molecular complexity index is 813. The van der Waals surface area contributed by atoms with Gasteiger partial charge in [0.05, 0.1) is 22.9 Å². The number of hydrogen-bond donors (Lipinski definition) is 0. The zero-order valence-corrected chi connectivity index (χ0v) is 15.2. The molecule has 0 aromatic heterocycles.